The molecule has 1 heterocycles. The van der Waals surface area contributed by atoms with Gasteiger partial charge in [-0.25, -0.2) is 0 Å². The van der Waals surface area contributed by atoms with Gasteiger partial charge in [0, 0.05) is 12.4 Å². The molecular formula is C23H38N2O4. The van der Waals surface area contributed by atoms with Crippen LogP contribution in [0, 0.1) is 5.41 Å². The Labute approximate surface area is 175 Å². The number of carbonyl (C=O) groups is 2. The van der Waals surface area contributed by atoms with E-state index in [0.717, 1.165) is 51.4 Å². The quantitative estimate of drug-likeness (QED) is 0.251. The molecule has 6 nitrogen and oxygen atoms in total. The number of nitrogens with two attached hydrogens (primary N) is 1. The van der Waals surface area contributed by atoms with Crippen LogP contribution in [0.2, 0.25) is 0 Å². The van der Waals surface area contributed by atoms with Crippen LogP contribution in [0.1, 0.15) is 77.2 Å². The highest BCUT2D eigenvalue weighted by Gasteiger charge is 2.47. The minimum absolute atomic E-state index is 0.258. The van der Waals surface area contributed by atoms with E-state index in [1.54, 1.807) is 20.0 Å². The molecule has 164 valence electrons. The minimum Gasteiger partial charge on any atom is -0.465 e. The second kappa shape index (κ2) is 15.0. The molecule has 0 amide bonds. The van der Waals surface area contributed by atoms with E-state index in [4.69, 9.17) is 15.2 Å². The van der Waals surface area contributed by atoms with Gasteiger partial charge in [-0.05, 0) is 64.1 Å². The number of ether oxygens (including phenoxy) is 2. The van der Waals surface area contributed by atoms with Crippen molar-refractivity contribution in [3.05, 3.63) is 30.1 Å². The Kier molecular flexibility index (Phi) is 12.9. The lowest BCUT2D eigenvalue weighted by molar-refractivity contribution is -0.173. The summed E-state index contributed by atoms with van der Waals surface area (Å²) >= 11 is 0. The maximum absolute atomic E-state index is 12.8. The number of hydrogen-bond acceptors (Lipinski definition) is 6. The molecule has 0 spiro atoms. The maximum atomic E-state index is 12.8. The number of nitrogens with zero attached hydrogens (tertiary/aromatic N) is 1. The summed E-state index contributed by atoms with van der Waals surface area (Å²) in [5.74, 6) is -0.880. The summed E-state index contributed by atoms with van der Waals surface area (Å²) in [5, 5.41) is 0. The zero-order valence-corrected chi connectivity index (χ0v) is 18.2. The van der Waals surface area contributed by atoms with Crippen LogP contribution in [0.25, 0.3) is 0 Å². The first-order chi connectivity index (χ1) is 14.1. The molecule has 29 heavy (non-hydrogen) atoms. The zero-order chi connectivity index (χ0) is 21.4. The fraction of sp³-hybridized carbons (Fsp3) is 0.696. The molecule has 0 fully saturated rings. The molecule has 1 rings (SSSR count). The Morgan fingerprint density at radius 1 is 0.931 bits per heavy atom. The van der Waals surface area contributed by atoms with E-state index in [9.17, 15) is 9.59 Å². The van der Waals surface area contributed by atoms with Crippen molar-refractivity contribution in [2.45, 2.75) is 78.1 Å². The zero-order valence-electron chi connectivity index (χ0n) is 18.2. The molecule has 0 atom stereocenters. The largest absolute Gasteiger partial charge is 0.465 e. The molecule has 6 heteroatoms. The summed E-state index contributed by atoms with van der Waals surface area (Å²) in [6.07, 6.45) is 11.9. The van der Waals surface area contributed by atoms with E-state index >= 15 is 0 Å². The summed E-state index contributed by atoms with van der Waals surface area (Å²) in [6.45, 7) is 4.71. The molecular weight excluding hydrogens is 368 g/mol. The number of aromatic nitrogens is 1. The first-order valence-electron chi connectivity index (χ1n) is 11.0. The van der Waals surface area contributed by atoms with E-state index in [0.29, 0.717) is 19.4 Å². The van der Waals surface area contributed by atoms with E-state index in [-0.39, 0.29) is 13.2 Å². The van der Waals surface area contributed by atoms with E-state index in [2.05, 4.69) is 11.1 Å². The number of pyridine rings is 1. The predicted octanol–water partition coefficient (Wildman–Crippen LogP) is 4.21. The molecule has 0 aliphatic carbocycles. The number of aryl methyl sites for hydroxylation is 1. The second-order valence-corrected chi connectivity index (χ2v) is 7.40. The van der Waals surface area contributed by atoms with Crippen molar-refractivity contribution < 1.29 is 19.1 Å². The summed E-state index contributed by atoms with van der Waals surface area (Å²) in [5.41, 5.74) is 5.57. The highest BCUT2D eigenvalue weighted by Crippen LogP contribution is 2.35. The van der Waals surface area contributed by atoms with E-state index in [1.807, 2.05) is 12.3 Å². The average molecular weight is 407 g/mol. The number of rotatable bonds is 16. The Bertz CT molecular complexity index is 560. The third-order valence-electron chi connectivity index (χ3n) is 5.18. The molecule has 0 aliphatic heterocycles. The van der Waals surface area contributed by atoms with Gasteiger partial charge in [-0.1, -0.05) is 38.2 Å². The second-order valence-electron chi connectivity index (χ2n) is 7.40. The smallest absolute Gasteiger partial charge is 0.323 e. The average Bonchev–Trinajstić information content (AvgIpc) is 2.73. The van der Waals surface area contributed by atoms with Crippen LogP contribution in [0.15, 0.2) is 24.5 Å². The molecule has 0 radical (unpaired) electrons. The topological polar surface area (TPSA) is 91.5 Å². The van der Waals surface area contributed by atoms with Crippen molar-refractivity contribution in [3.8, 4) is 0 Å². The fourth-order valence-corrected chi connectivity index (χ4v) is 3.56. The first-order valence-corrected chi connectivity index (χ1v) is 11.0. The predicted molar refractivity (Wildman–Crippen MR) is 114 cm³/mol. The third-order valence-corrected chi connectivity index (χ3v) is 5.18. The SMILES string of the molecule is CCOC(=O)C(CCCCCCN)(CCCCCc1cccnc1)C(=O)OCC. The Morgan fingerprint density at radius 2 is 1.52 bits per heavy atom. The molecule has 1 aromatic heterocycles. The molecule has 0 aromatic carbocycles. The van der Waals surface area contributed by atoms with E-state index in [1.165, 1.54) is 5.56 Å². The molecule has 0 bridgehead atoms. The lowest BCUT2D eigenvalue weighted by atomic mass is 9.77. The molecule has 0 saturated carbocycles. The molecule has 0 unspecified atom stereocenters. The van der Waals surface area contributed by atoms with Crippen molar-refractivity contribution in [3.63, 3.8) is 0 Å². The van der Waals surface area contributed by atoms with Gasteiger partial charge in [0.05, 0.1) is 13.2 Å². The lowest BCUT2D eigenvalue weighted by Gasteiger charge is -2.29. The minimum atomic E-state index is -1.19. The van der Waals surface area contributed by atoms with Crippen LogP contribution in [0.4, 0.5) is 0 Å². The number of esters is 2. The van der Waals surface area contributed by atoms with Crippen LogP contribution >= 0.6 is 0 Å². The number of unbranched alkanes of at least 4 members (excludes halogenated alkanes) is 5. The standard InChI is InChI=1S/C23H38N2O4/c1-3-28-21(26)23(22(27)29-4-2,15-9-5-6-11-17-24)16-10-7-8-13-20-14-12-18-25-19-20/h12,14,18-19H,3-11,13,15-17,24H2,1-2H3. The van der Waals surface area contributed by atoms with Crippen molar-refractivity contribution in [1.29, 1.82) is 0 Å². The normalized spacial score (nSPS) is 11.3. The Balaban J connectivity index is 2.71. The first kappa shape index (κ1) is 25.1. The van der Waals surface area contributed by atoms with Gasteiger partial charge in [-0.3, -0.25) is 14.6 Å². The van der Waals surface area contributed by atoms with Crippen LogP contribution in [-0.2, 0) is 25.5 Å². The summed E-state index contributed by atoms with van der Waals surface area (Å²) in [6, 6.07) is 4.00. The molecule has 0 saturated heterocycles. The summed E-state index contributed by atoms with van der Waals surface area (Å²) in [4.78, 5) is 29.8. The van der Waals surface area contributed by atoms with Crippen molar-refractivity contribution in [1.82, 2.24) is 4.98 Å². The summed E-state index contributed by atoms with van der Waals surface area (Å²) in [7, 11) is 0. The van der Waals surface area contributed by atoms with Gasteiger partial charge in [-0.15, -0.1) is 0 Å². The fourth-order valence-electron chi connectivity index (χ4n) is 3.56. The van der Waals surface area contributed by atoms with Crippen LogP contribution in [0.3, 0.4) is 0 Å². The van der Waals surface area contributed by atoms with Gasteiger partial charge in [-0.2, -0.15) is 0 Å². The van der Waals surface area contributed by atoms with Gasteiger partial charge in [0.25, 0.3) is 0 Å². The third kappa shape index (κ3) is 8.94. The molecule has 2 N–H and O–H groups in total. The Hall–Kier alpha value is -1.95. The van der Waals surface area contributed by atoms with Crippen molar-refractivity contribution in [2.75, 3.05) is 19.8 Å². The summed E-state index contributed by atoms with van der Waals surface area (Å²) < 4.78 is 10.6. The highest BCUT2D eigenvalue weighted by molar-refractivity contribution is 6.00. The number of hydrogen-bond donors (Lipinski definition) is 1. The monoisotopic (exact) mass is 406 g/mol. The van der Waals surface area contributed by atoms with Crippen LogP contribution < -0.4 is 5.73 Å². The number of carbonyl (C=O) groups excluding carboxylic acids is 2. The lowest BCUT2D eigenvalue weighted by Crippen LogP contribution is -2.42. The van der Waals surface area contributed by atoms with Crippen LogP contribution in [-0.4, -0.2) is 36.7 Å². The maximum Gasteiger partial charge on any atom is 0.323 e. The van der Waals surface area contributed by atoms with Gasteiger partial charge < -0.3 is 15.2 Å². The molecule has 1 aromatic rings. The van der Waals surface area contributed by atoms with Gasteiger partial charge in [0.15, 0.2) is 5.41 Å². The van der Waals surface area contributed by atoms with Crippen LogP contribution in [0.5, 0.6) is 0 Å². The Morgan fingerprint density at radius 3 is 2.03 bits per heavy atom. The van der Waals surface area contributed by atoms with Crippen molar-refractivity contribution in [2.24, 2.45) is 11.1 Å². The molecule has 0 aliphatic rings. The van der Waals surface area contributed by atoms with Crippen molar-refractivity contribution >= 4 is 11.9 Å². The van der Waals surface area contributed by atoms with Gasteiger partial charge in [0.1, 0.15) is 0 Å². The van der Waals surface area contributed by atoms with Gasteiger partial charge >= 0.3 is 11.9 Å². The van der Waals surface area contributed by atoms with Gasteiger partial charge in [0.2, 0.25) is 0 Å². The highest BCUT2D eigenvalue weighted by atomic mass is 16.6. The van der Waals surface area contributed by atoms with E-state index < -0.39 is 17.4 Å².